The number of aryl methyl sites for hydroxylation is 1. The van der Waals surface area contributed by atoms with Crippen LogP contribution in [-0.4, -0.2) is 16.8 Å². The van der Waals surface area contributed by atoms with E-state index in [0.717, 1.165) is 12.3 Å². The van der Waals surface area contributed by atoms with Crippen LogP contribution in [0.2, 0.25) is 0 Å². The summed E-state index contributed by atoms with van der Waals surface area (Å²) < 4.78 is 2.32. The van der Waals surface area contributed by atoms with Crippen LogP contribution in [0, 0.1) is 19.8 Å². The summed E-state index contributed by atoms with van der Waals surface area (Å²) in [6, 6.07) is 1.06. The van der Waals surface area contributed by atoms with Gasteiger partial charge in [-0.05, 0) is 58.9 Å². The minimum Gasteiger partial charge on any atom is -0.313 e. The molecule has 0 aromatic carbocycles. The van der Waals surface area contributed by atoms with Crippen molar-refractivity contribution in [2.45, 2.75) is 71.9 Å². The van der Waals surface area contributed by atoms with E-state index in [9.17, 15) is 0 Å². The van der Waals surface area contributed by atoms with Gasteiger partial charge in [-0.25, -0.2) is 0 Å². The third-order valence-electron chi connectivity index (χ3n) is 4.82. The summed E-state index contributed by atoms with van der Waals surface area (Å²) in [4.78, 5) is 0. The second kappa shape index (κ2) is 6.08. The van der Waals surface area contributed by atoms with Crippen molar-refractivity contribution >= 4 is 0 Å². The molecule has 3 heteroatoms. The zero-order chi connectivity index (χ0) is 14.0. The molecule has 0 aliphatic heterocycles. The van der Waals surface area contributed by atoms with Gasteiger partial charge in [0.25, 0.3) is 0 Å². The molecule has 1 fully saturated rings. The van der Waals surface area contributed by atoms with Gasteiger partial charge in [0.2, 0.25) is 0 Å². The van der Waals surface area contributed by atoms with Crippen LogP contribution in [-0.2, 0) is 0 Å². The van der Waals surface area contributed by atoms with Crippen LogP contribution in [0.25, 0.3) is 0 Å². The second-order valence-corrected chi connectivity index (χ2v) is 6.19. The fourth-order valence-corrected chi connectivity index (χ4v) is 3.58. The van der Waals surface area contributed by atoms with Gasteiger partial charge in [-0.1, -0.05) is 13.8 Å². The van der Waals surface area contributed by atoms with Crippen LogP contribution < -0.4 is 5.32 Å². The lowest BCUT2D eigenvalue weighted by Gasteiger charge is -2.27. The Morgan fingerprint density at radius 1 is 1.26 bits per heavy atom. The quantitative estimate of drug-likeness (QED) is 0.892. The molecule has 1 aliphatic carbocycles. The lowest BCUT2D eigenvalue weighted by molar-refractivity contribution is 0.270. The SMILES string of the molecule is CCC(NC)c1c(C)nn(C2CCC(C)CC2)c1C. The molecule has 0 radical (unpaired) electrons. The Morgan fingerprint density at radius 3 is 2.42 bits per heavy atom. The highest BCUT2D eigenvalue weighted by molar-refractivity contribution is 5.28. The van der Waals surface area contributed by atoms with Gasteiger partial charge >= 0.3 is 0 Å². The van der Waals surface area contributed by atoms with Crippen molar-refractivity contribution in [1.29, 1.82) is 0 Å². The molecule has 1 saturated carbocycles. The van der Waals surface area contributed by atoms with Gasteiger partial charge in [-0.3, -0.25) is 4.68 Å². The topological polar surface area (TPSA) is 29.9 Å². The lowest BCUT2D eigenvalue weighted by Crippen LogP contribution is -2.20. The van der Waals surface area contributed by atoms with E-state index in [1.165, 1.54) is 42.6 Å². The highest BCUT2D eigenvalue weighted by Gasteiger charge is 2.25. The standard InChI is InChI=1S/C16H29N3/c1-6-15(17-5)16-12(3)18-19(13(16)4)14-9-7-11(2)8-10-14/h11,14-15,17H,6-10H2,1-5H3. The van der Waals surface area contributed by atoms with Crippen molar-refractivity contribution in [3.8, 4) is 0 Å². The first-order valence-electron chi connectivity index (χ1n) is 7.81. The maximum atomic E-state index is 4.85. The van der Waals surface area contributed by atoms with Crippen LogP contribution in [0.1, 0.15) is 75.0 Å². The summed E-state index contributed by atoms with van der Waals surface area (Å²) in [7, 11) is 2.05. The minimum atomic E-state index is 0.441. The van der Waals surface area contributed by atoms with Gasteiger partial charge in [0.15, 0.2) is 0 Å². The number of hydrogen-bond acceptors (Lipinski definition) is 2. The summed E-state index contributed by atoms with van der Waals surface area (Å²) in [5, 5.41) is 8.27. The Labute approximate surface area is 117 Å². The smallest absolute Gasteiger partial charge is 0.0644 e. The van der Waals surface area contributed by atoms with Crippen LogP contribution in [0.3, 0.4) is 0 Å². The number of nitrogens with zero attached hydrogens (tertiary/aromatic N) is 2. The Morgan fingerprint density at radius 2 is 1.89 bits per heavy atom. The zero-order valence-electron chi connectivity index (χ0n) is 13.2. The van der Waals surface area contributed by atoms with Crippen molar-refractivity contribution in [3.05, 3.63) is 17.0 Å². The average molecular weight is 263 g/mol. The Balaban J connectivity index is 2.25. The molecule has 1 heterocycles. The highest BCUT2D eigenvalue weighted by atomic mass is 15.3. The molecule has 0 spiro atoms. The maximum Gasteiger partial charge on any atom is 0.0644 e. The largest absolute Gasteiger partial charge is 0.313 e. The highest BCUT2D eigenvalue weighted by Crippen LogP contribution is 2.34. The zero-order valence-corrected chi connectivity index (χ0v) is 13.2. The molecular weight excluding hydrogens is 234 g/mol. The van der Waals surface area contributed by atoms with E-state index in [2.05, 4.69) is 37.7 Å². The molecule has 0 amide bonds. The third kappa shape index (κ3) is 2.86. The summed E-state index contributed by atoms with van der Waals surface area (Å²) in [6.07, 6.45) is 6.40. The first-order valence-corrected chi connectivity index (χ1v) is 7.81. The molecule has 1 aromatic heterocycles. The maximum absolute atomic E-state index is 4.85. The Kier molecular flexibility index (Phi) is 4.67. The molecule has 1 unspecified atom stereocenters. The molecule has 108 valence electrons. The molecule has 0 saturated heterocycles. The third-order valence-corrected chi connectivity index (χ3v) is 4.82. The van der Waals surface area contributed by atoms with E-state index in [0.29, 0.717) is 12.1 Å². The van der Waals surface area contributed by atoms with Crippen molar-refractivity contribution in [2.24, 2.45) is 5.92 Å². The number of nitrogens with one attached hydrogen (secondary N) is 1. The first-order chi connectivity index (χ1) is 9.08. The second-order valence-electron chi connectivity index (χ2n) is 6.19. The van der Waals surface area contributed by atoms with E-state index >= 15 is 0 Å². The molecule has 0 bridgehead atoms. The van der Waals surface area contributed by atoms with Gasteiger partial charge in [0.1, 0.15) is 0 Å². The van der Waals surface area contributed by atoms with Crippen LogP contribution >= 0.6 is 0 Å². The first kappa shape index (κ1) is 14.6. The van der Waals surface area contributed by atoms with Crippen LogP contribution in [0.15, 0.2) is 0 Å². The van der Waals surface area contributed by atoms with Crippen molar-refractivity contribution in [3.63, 3.8) is 0 Å². The summed E-state index contributed by atoms with van der Waals surface area (Å²) in [5.74, 6) is 0.897. The van der Waals surface area contributed by atoms with Crippen LogP contribution in [0.4, 0.5) is 0 Å². The molecule has 2 rings (SSSR count). The van der Waals surface area contributed by atoms with Crippen molar-refractivity contribution in [1.82, 2.24) is 15.1 Å². The van der Waals surface area contributed by atoms with E-state index in [1.807, 2.05) is 7.05 Å². The molecule has 3 nitrogen and oxygen atoms in total. The van der Waals surface area contributed by atoms with Crippen molar-refractivity contribution < 1.29 is 0 Å². The summed E-state index contributed by atoms with van der Waals surface area (Å²) >= 11 is 0. The fraction of sp³-hybridized carbons (Fsp3) is 0.812. The number of hydrogen-bond donors (Lipinski definition) is 1. The predicted octanol–water partition coefficient (Wildman–Crippen LogP) is 3.92. The summed E-state index contributed by atoms with van der Waals surface area (Å²) in [6.45, 7) is 9.01. The van der Waals surface area contributed by atoms with Gasteiger partial charge in [0.05, 0.1) is 11.7 Å². The number of aromatic nitrogens is 2. The lowest BCUT2D eigenvalue weighted by atomic mass is 9.87. The fourth-order valence-electron chi connectivity index (χ4n) is 3.58. The van der Waals surface area contributed by atoms with Gasteiger partial charge in [-0.15, -0.1) is 0 Å². The molecule has 1 aliphatic rings. The van der Waals surface area contributed by atoms with E-state index in [1.54, 1.807) is 0 Å². The molecule has 1 atom stereocenters. The van der Waals surface area contributed by atoms with E-state index in [-0.39, 0.29) is 0 Å². The average Bonchev–Trinajstić information content (AvgIpc) is 2.69. The van der Waals surface area contributed by atoms with Gasteiger partial charge in [0, 0.05) is 17.3 Å². The molecular formula is C16H29N3. The monoisotopic (exact) mass is 263 g/mol. The normalized spacial score (nSPS) is 25.5. The Bertz CT molecular complexity index is 410. The number of rotatable bonds is 4. The molecule has 1 aromatic rings. The molecule has 1 N–H and O–H groups in total. The predicted molar refractivity (Wildman–Crippen MR) is 80.5 cm³/mol. The minimum absolute atomic E-state index is 0.441. The van der Waals surface area contributed by atoms with E-state index < -0.39 is 0 Å². The summed E-state index contributed by atoms with van der Waals surface area (Å²) in [5.41, 5.74) is 4.00. The Hall–Kier alpha value is -0.830. The van der Waals surface area contributed by atoms with Crippen molar-refractivity contribution in [2.75, 3.05) is 7.05 Å². The van der Waals surface area contributed by atoms with Gasteiger partial charge in [-0.2, -0.15) is 5.10 Å². The van der Waals surface area contributed by atoms with E-state index in [4.69, 9.17) is 5.10 Å². The van der Waals surface area contributed by atoms with Crippen LogP contribution in [0.5, 0.6) is 0 Å². The molecule has 19 heavy (non-hydrogen) atoms. The van der Waals surface area contributed by atoms with Gasteiger partial charge < -0.3 is 5.32 Å².